The number of nitrogens with one attached hydrogen (secondary N) is 1. The summed E-state index contributed by atoms with van der Waals surface area (Å²) in [6.07, 6.45) is 6.79. The van der Waals surface area contributed by atoms with E-state index in [9.17, 15) is 0 Å². The van der Waals surface area contributed by atoms with Crippen molar-refractivity contribution in [2.45, 2.75) is 70.9 Å². The first kappa shape index (κ1) is 15.8. The summed E-state index contributed by atoms with van der Waals surface area (Å²) in [4.78, 5) is 8.80. The van der Waals surface area contributed by atoms with Gasteiger partial charge in [-0.2, -0.15) is 0 Å². The van der Waals surface area contributed by atoms with E-state index >= 15 is 0 Å². The Morgan fingerprint density at radius 2 is 1.90 bits per heavy atom. The largest absolute Gasteiger partial charge is 0.348 e. The van der Waals surface area contributed by atoms with Gasteiger partial charge < -0.3 is 10.2 Å². The van der Waals surface area contributed by atoms with Crippen LogP contribution in [0.3, 0.4) is 0 Å². The molecule has 1 N–H and O–H groups in total. The number of rotatable bonds is 4. The molecule has 0 saturated heterocycles. The van der Waals surface area contributed by atoms with Crippen LogP contribution in [0.5, 0.6) is 0 Å². The number of anilines is 1. The van der Waals surface area contributed by atoms with Gasteiger partial charge in [-0.15, -0.1) is 11.3 Å². The molecule has 0 bridgehead atoms. The van der Waals surface area contributed by atoms with Crippen molar-refractivity contribution >= 4 is 16.5 Å². The Morgan fingerprint density at radius 3 is 2.45 bits per heavy atom. The number of hydrogen-bond acceptors (Lipinski definition) is 4. The van der Waals surface area contributed by atoms with E-state index in [0.29, 0.717) is 6.04 Å². The zero-order valence-electron chi connectivity index (χ0n) is 13.6. The molecule has 1 fully saturated rings. The smallest absolute Gasteiger partial charge is 0.185 e. The van der Waals surface area contributed by atoms with Gasteiger partial charge in [-0.1, -0.05) is 40.0 Å². The molecule has 0 unspecified atom stereocenters. The van der Waals surface area contributed by atoms with E-state index in [-0.39, 0.29) is 5.41 Å². The van der Waals surface area contributed by atoms with Gasteiger partial charge in [-0.3, -0.25) is 0 Å². The predicted octanol–water partition coefficient (Wildman–Crippen LogP) is 3.93. The van der Waals surface area contributed by atoms with Gasteiger partial charge in [-0.25, -0.2) is 4.98 Å². The molecule has 0 radical (unpaired) electrons. The maximum absolute atomic E-state index is 4.98. The summed E-state index contributed by atoms with van der Waals surface area (Å²) >= 11 is 1.87. The van der Waals surface area contributed by atoms with Gasteiger partial charge >= 0.3 is 0 Å². The van der Waals surface area contributed by atoms with Crippen LogP contribution in [-0.4, -0.2) is 25.1 Å². The van der Waals surface area contributed by atoms with E-state index in [2.05, 4.69) is 38.0 Å². The quantitative estimate of drug-likeness (QED) is 0.912. The molecule has 0 aromatic carbocycles. The molecule has 3 nitrogen and oxygen atoms in total. The lowest BCUT2D eigenvalue weighted by Gasteiger charge is -2.31. The fourth-order valence-electron chi connectivity index (χ4n) is 2.98. The van der Waals surface area contributed by atoms with Gasteiger partial charge in [-0.05, 0) is 19.9 Å². The molecule has 0 spiro atoms. The highest BCUT2D eigenvalue weighted by Gasteiger charge is 2.26. The SMILES string of the molecule is CNCc1sc(N(C)C2CCCCC2)nc1C(C)(C)C. The maximum atomic E-state index is 4.98. The number of nitrogens with zero attached hydrogens (tertiary/aromatic N) is 2. The van der Waals surface area contributed by atoms with E-state index in [1.165, 1.54) is 47.8 Å². The topological polar surface area (TPSA) is 28.2 Å². The molecule has 1 saturated carbocycles. The third-order valence-corrected chi connectivity index (χ3v) is 5.30. The van der Waals surface area contributed by atoms with Crippen LogP contribution in [0, 0.1) is 0 Å². The summed E-state index contributed by atoms with van der Waals surface area (Å²) in [7, 11) is 4.24. The third-order valence-electron chi connectivity index (χ3n) is 4.16. The number of hydrogen-bond donors (Lipinski definition) is 1. The monoisotopic (exact) mass is 295 g/mol. The molecule has 4 heteroatoms. The van der Waals surface area contributed by atoms with Gasteiger partial charge in [0.1, 0.15) is 0 Å². The fraction of sp³-hybridized carbons (Fsp3) is 0.812. The van der Waals surface area contributed by atoms with Gasteiger partial charge in [0.25, 0.3) is 0 Å². The lowest BCUT2D eigenvalue weighted by Crippen LogP contribution is -2.33. The number of thiazole rings is 1. The van der Waals surface area contributed by atoms with Gasteiger partial charge in [0.05, 0.1) is 5.69 Å². The number of aromatic nitrogens is 1. The lowest BCUT2D eigenvalue weighted by atomic mass is 9.91. The molecule has 0 atom stereocenters. The Kier molecular flexibility index (Phi) is 5.08. The molecule has 20 heavy (non-hydrogen) atoms. The van der Waals surface area contributed by atoms with E-state index in [0.717, 1.165) is 6.54 Å². The van der Waals surface area contributed by atoms with Crippen molar-refractivity contribution in [2.24, 2.45) is 0 Å². The molecule has 1 aromatic rings. The summed E-state index contributed by atoms with van der Waals surface area (Å²) in [5.41, 5.74) is 1.38. The highest BCUT2D eigenvalue weighted by atomic mass is 32.1. The standard InChI is InChI=1S/C16H29N3S/c1-16(2,3)14-13(11-17-4)20-15(18-14)19(5)12-9-7-6-8-10-12/h12,17H,6-11H2,1-5H3. The summed E-state index contributed by atoms with van der Waals surface area (Å²) < 4.78 is 0. The second kappa shape index (κ2) is 6.44. The van der Waals surface area contributed by atoms with E-state index < -0.39 is 0 Å². The predicted molar refractivity (Wildman–Crippen MR) is 88.9 cm³/mol. The molecule has 1 aliphatic rings. The van der Waals surface area contributed by atoms with E-state index in [1.54, 1.807) is 0 Å². The Hall–Kier alpha value is -0.610. The van der Waals surface area contributed by atoms with Crippen LogP contribution < -0.4 is 10.2 Å². The summed E-state index contributed by atoms with van der Waals surface area (Å²) in [6.45, 7) is 7.69. The minimum absolute atomic E-state index is 0.119. The minimum Gasteiger partial charge on any atom is -0.348 e. The molecular formula is C16H29N3S. The molecule has 0 aliphatic heterocycles. The third kappa shape index (κ3) is 3.53. The van der Waals surface area contributed by atoms with Gasteiger partial charge in [0.15, 0.2) is 5.13 Å². The first-order valence-electron chi connectivity index (χ1n) is 7.81. The highest BCUT2D eigenvalue weighted by Crippen LogP contribution is 2.35. The Labute approximate surface area is 127 Å². The first-order chi connectivity index (χ1) is 9.43. The summed E-state index contributed by atoms with van der Waals surface area (Å²) in [5, 5.41) is 4.48. The molecule has 2 rings (SSSR count). The molecule has 1 aliphatic carbocycles. The first-order valence-corrected chi connectivity index (χ1v) is 8.62. The van der Waals surface area contributed by atoms with Crippen LogP contribution in [0.2, 0.25) is 0 Å². The summed E-state index contributed by atoms with van der Waals surface area (Å²) in [5.74, 6) is 0. The molecule has 0 amide bonds. The second-order valence-electron chi connectivity index (χ2n) is 6.95. The van der Waals surface area contributed by atoms with Crippen molar-refractivity contribution in [1.82, 2.24) is 10.3 Å². The minimum atomic E-state index is 0.119. The van der Waals surface area contributed by atoms with Crippen LogP contribution in [-0.2, 0) is 12.0 Å². The summed E-state index contributed by atoms with van der Waals surface area (Å²) in [6, 6.07) is 0.685. The van der Waals surface area contributed by atoms with Gasteiger partial charge in [0.2, 0.25) is 0 Å². The Morgan fingerprint density at radius 1 is 1.25 bits per heavy atom. The van der Waals surface area contributed by atoms with Crippen LogP contribution in [0.4, 0.5) is 5.13 Å². The maximum Gasteiger partial charge on any atom is 0.185 e. The van der Waals surface area contributed by atoms with Crippen molar-refractivity contribution in [3.05, 3.63) is 10.6 Å². The molecule has 114 valence electrons. The molecule has 1 heterocycles. The molecular weight excluding hydrogens is 266 g/mol. The highest BCUT2D eigenvalue weighted by molar-refractivity contribution is 7.15. The second-order valence-corrected chi connectivity index (χ2v) is 8.01. The fourth-order valence-corrected chi connectivity index (χ4v) is 4.30. The van der Waals surface area contributed by atoms with Crippen LogP contribution in [0.1, 0.15) is 63.4 Å². The van der Waals surface area contributed by atoms with Crippen LogP contribution >= 0.6 is 11.3 Å². The Balaban J connectivity index is 2.23. The zero-order chi connectivity index (χ0) is 14.8. The lowest BCUT2D eigenvalue weighted by molar-refractivity contribution is 0.427. The normalized spacial score (nSPS) is 17.4. The molecule has 1 aromatic heterocycles. The van der Waals surface area contributed by atoms with E-state index in [1.807, 2.05) is 18.4 Å². The van der Waals surface area contributed by atoms with Crippen molar-refractivity contribution in [1.29, 1.82) is 0 Å². The average Bonchev–Trinajstić information content (AvgIpc) is 2.83. The zero-order valence-corrected chi connectivity index (χ0v) is 14.4. The van der Waals surface area contributed by atoms with Crippen molar-refractivity contribution in [3.63, 3.8) is 0 Å². The van der Waals surface area contributed by atoms with E-state index in [4.69, 9.17) is 4.98 Å². The van der Waals surface area contributed by atoms with Gasteiger partial charge in [0, 0.05) is 29.9 Å². The van der Waals surface area contributed by atoms with Crippen molar-refractivity contribution in [3.8, 4) is 0 Å². The van der Waals surface area contributed by atoms with Crippen LogP contribution in [0.25, 0.3) is 0 Å². The Bertz CT molecular complexity index is 427. The van der Waals surface area contributed by atoms with Crippen molar-refractivity contribution < 1.29 is 0 Å². The average molecular weight is 295 g/mol. The van der Waals surface area contributed by atoms with Crippen LogP contribution in [0.15, 0.2) is 0 Å². The van der Waals surface area contributed by atoms with Crippen molar-refractivity contribution in [2.75, 3.05) is 19.0 Å².